The average Bonchev–Trinajstić information content (AvgIpc) is 2.15. The summed E-state index contributed by atoms with van der Waals surface area (Å²) in [6.07, 6.45) is 3.40. The van der Waals surface area contributed by atoms with Gasteiger partial charge in [0.15, 0.2) is 0 Å². The van der Waals surface area contributed by atoms with Gasteiger partial charge >= 0.3 is 11.9 Å². The molecule has 0 rings (SSSR count). The van der Waals surface area contributed by atoms with E-state index in [1.165, 1.54) is 0 Å². The van der Waals surface area contributed by atoms with Gasteiger partial charge in [0.25, 0.3) is 0 Å². The predicted molar refractivity (Wildman–Crippen MR) is 53.0 cm³/mol. The van der Waals surface area contributed by atoms with Crippen molar-refractivity contribution in [1.82, 2.24) is 0 Å². The summed E-state index contributed by atoms with van der Waals surface area (Å²) in [6.45, 7) is 2.02. The monoisotopic (exact) mass is 216 g/mol. The van der Waals surface area contributed by atoms with Gasteiger partial charge in [0.1, 0.15) is 0 Å². The molecule has 0 amide bonds. The van der Waals surface area contributed by atoms with Crippen LogP contribution in [0.5, 0.6) is 0 Å². The minimum atomic E-state index is -1.23. The molecule has 15 heavy (non-hydrogen) atoms. The number of hydrogen-bond donors (Lipinski definition) is 2. The number of esters is 1. The molecule has 5 nitrogen and oxygen atoms in total. The number of carbonyl (C=O) groups is 2. The van der Waals surface area contributed by atoms with E-state index in [0.29, 0.717) is 12.5 Å². The Morgan fingerprint density at radius 3 is 2.53 bits per heavy atom. The van der Waals surface area contributed by atoms with E-state index in [9.17, 15) is 14.7 Å². The molecule has 2 N–H and O–H groups in total. The number of rotatable bonds is 7. The number of aliphatic hydroxyl groups excluding tert-OH is 1. The number of aliphatic hydroxyl groups is 1. The van der Waals surface area contributed by atoms with E-state index in [1.54, 1.807) is 0 Å². The van der Waals surface area contributed by atoms with Crippen LogP contribution in [0.1, 0.15) is 32.6 Å². The van der Waals surface area contributed by atoms with Gasteiger partial charge in [-0.1, -0.05) is 19.8 Å². The first kappa shape index (κ1) is 13.6. The van der Waals surface area contributed by atoms with Crippen molar-refractivity contribution in [1.29, 1.82) is 0 Å². The summed E-state index contributed by atoms with van der Waals surface area (Å²) in [4.78, 5) is 20.9. The largest absolute Gasteiger partial charge is 0.478 e. The Hall–Kier alpha value is -1.36. The SMILES string of the molecule is CCCCCC(O)OC(=O)/C=C/C(=O)O. The zero-order chi connectivity index (χ0) is 11.7. The van der Waals surface area contributed by atoms with Gasteiger partial charge in [0.05, 0.1) is 0 Å². The summed E-state index contributed by atoms with van der Waals surface area (Å²) in [6, 6.07) is 0. The molecule has 0 saturated heterocycles. The van der Waals surface area contributed by atoms with Crippen LogP contribution in [0, 0.1) is 0 Å². The normalized spacial score (nSPS) is 12.7. The second-order valence-electron chi connectivity index (χ2n) is 3.06. The van der Waals surface area contributed by atoms with Crippen LogP contribution in [0.3, 0.4) is 0 Å². The fourth-order valence-corrected chi connectivity index (χ4v) is 0.941. The van der Waals surface area contributed by atoms with E-state index in [1.807, 2.05) is 6.92 Å². The number of carboxylic acid groups (broad SMARTS) is 1. The molecule has 0 aromatic heterocycles. The molecule has 0 saturated carbocycles. The molecule has 0 heterocycles. The highest BCUT2D eigenvalue weighted by molar-refractivity contribution is 5.90. The number of ether oxygens (including phenoxy) is 1. The van der Waals surface area contributed by atoms with Crippen LogP contribution in [-0.2, 0) is 14.3 Å². The van der Waals surface area contributed by atoms with E-state index in [2.05, 4.69) is 4.74 Å². The first-order chi connectivity index (χ1) is 7.06. The van der Waals surface area contributed by atoms with Crippen LogP contribution in [0.15, 0.2) is 12.2 Å². The summed E-state index contributed by atoms with van der Waals surface area (Å²) in [5.74, 6) is -2.08. The smallest absolute Gasteiger partial charge is 0.333 e. The highest BCUT2D eigenvalue weighted by Crippen LogP contribution is 2.04. The maximum absolute atomic E-state index is 10.9. The van der Waals surface area contributed by atoms with Crippen molar-refractivity contribution >= 4 is 11.9 Å². The molecule has 0 radical (unpaired) electrons. The molecule has 1 atom stereocenters. The molecule has 0 fully saturated rings. The topological polar surface area (TPSA) is 83.8 Å². The Morgan fingerprint density at radius 1 is 1.33 bits per heavy atom. The van der Waals surface area contributed by atoms with Gasteiger partial charge in [0, 0.05) is 18.6 Å². The van der Waals surface area contributed by atoms with Crippen molar-refractivity contribution in [2.45, 2.75) is 38.9 Å². The lowest BCUT2D eigenvalue weighted by atomic mass is 10.2. The lowest BCUT2D eigenvalue weighted by Crippen LogP contribution is -2.16. The van der Waals surface area contributed by atoms with Crippen molar-refractivity contribution in [2.75, 3.05) is 0 Å². The Kier molecular flexibility index (Phi) is 7.27. The number of aliphatic carboxylic acids is 1. The molecule has 0 aromatic carbocycles. The lowest BCUT2D eigenvalue weighted by molar-refractivity contribution is -0.162. The molecular weight excluding hydrogens is 200 g/mol. The van der Waals surface area contributed by atoms with Crippen molar-refractivity contribution in [3.8, 4) is 0 Å². The number of unbranched alkanes of at least 4 members (excludes halogenated alkanes) is 2. The summed E-state index contributed by atoms with van der Waals surface area (Å²) in [5, 5.41) is 17.4. The Labute approximate surface area is 88.4 Å². The summed E-state index contributed by atoms with van der Waals surface area (Å²) in [5.41, 5.74) is 0. The molecule has 0 spiro atoms. The number of carbonyl (C=O) groups excluding carboxylic acids is 1. The average molecular weight is 216 g/mol. The maximum Gasteiger partial charge on any atom is 0.333 e. The fraction of sp³-hybridized carbons (Fsp3) is 0.600. The van der Waals surface area contributed by atoms with Gasteiger partial charge in [-0.25, -0.2) is 9.59 Å². The van der Waals surface area contributed by atoms with E-state index < -0.39 is 18.2 Å². The van der Waals surface area contributed by atoms with Gasteiger partial charge in [0.2, 0.25) is 6.29 Å². The van der Waals surface area contributed by atoms with E-state index >= 15 is 0 Å². The zero-order valence-corrected chi connectivity index (χ0v) is 8.68. The van der Waals surface area contributed by atoms with Crippen molar-refractivity contribution in [3.05, 3.63) is 12.2 Å². The predicted octanol–water partition coefficient (Wildman–Crippen LogP) is 1.07. The third-order valence-corrected chi connectivity index (χ3v) is 1.67. The second kappa shape index (κ2) is 7.99. The van der Waals surface area contributed by atoms with Crippen molar-refractivity contribution in [2.24, 2.45) is 0 Å². The van der Waals surface area contributed by atoms with E-state index in [-0.39, 0.29) is 0 Å². The first-order valence-electron chi connectivity index (χ1n) is 4.86. The molecule has 0 aliphatic rings. The molecular formula is C10H16O5. The van der Waals surface area contributed by atoms with E-state index in [0.717, 1.165) is 25.3 Å². The van der Waals surface area contributed by atoms with Gasteiger partial charge in [-0.3, -0.25) is 0 Å². The summed E-state index contributed by atoms with van der Waals surface area (Å²) in [7, 11) is 0. The summed E-state index contributed by atoms with van der Waals surface area (Å²) < 4.78 is 4.51. The van der Waals surface area contributed by atoms with Crippen molar-refractivity contribution in [3.63, 3.8) is 0 Å². The quantitative estimate of drug-likeness (QED) is 0.288. The van der Waals surface area contributed by atoms with Crippen LogP contribution < -0.4 is 0 Å². The zero-order valence-electron chi connectivity index (χ0n) is 8.68. The Balaban J connectivity index is 3.71. The minimum absolute atomic E-state index is 0.375. The fourth-order valence-electron chi connectivity index (χ4n) is 0.941. The molecule has 1 unspecified atom stereocenters. The van der Waals surface area contributed by atoms with E-state index in [4.69, 9.17) is 5.11 Å². The van der Waals surface area contributed by atoms with Gasteiger partial charge < -0.3 is 14.9 Å². The first-order valence-corrected chi connectivity index (χ1v) is 4.86. The van der Waals surface area contributed by atoms with Crippen molar-refractivity contribution < 1.29 is 24.5 Å². The van der Waals surface area contributed by atoms with Gasteiger partial charge in [-0.05, 0) is 6.42 Å². The molecule has 86 valence electrons. The van der Waals surface area contributed by atoms with Gasteiger partial charge in [-0.2, -0.15) is 0 Å². The molecule has 0 aromatic rings. The third kappa shape index (κ3) is 8.96. The maximum atomic E-state index is 10.9. The van der Waals surface area contributed by atoms with Gasteiger partial charge in [-0.15, -0.1) is 0 Å². The van der Waals surface area contributed by atoms with Crippen LogP contribution >= 0.6 is 0 Å². The summed E-state index contributed by atoms with van der Waals surface area (Å²) >= 11 is 0. The Morgan fingerprint density at radius 2 is 2.00 bits per heavy atom. The third-order valence-electron chi connectivity index (χ3n) is 1.67. The molecule has 0 bridgehead atoms. The standard InChI is InChI=1S/C10H16O5/c1-2-3-4-5-9(13)15-10(14)7-6-8(11)12/h6-7,9,13H,2-5H2,1H3,(H,11,12)/b7-6+. The lowest BCUT2D eigenvalue weighted by Gasteiger charge is -2.09. The highest BCUT2D eigenvalue weighted by Gasteiger charge is 2.07. The van der Waals surface area contributed by atoms with Crippen LogP contribution in [0.2, 0.25) is 0 Å². The molecule has 0 aliphatic heterocycles. The van der Waals surface area contributed by atoms with Crippen LogP contribution in [0.4, 0.5) is 0 Å². The van der Waals surface area contributed by atoms with Crippen LogP contribution in [-0.4, -0.2) is 28.4 Å². The number of carboxylic acids is 1. The second-order valence-corrected chi connectivity index (χ2v) is 3.06. The van der Waals surface area contributed by atoms with Crippen LogP contribution in [0.25, 0.3) is 0 Å². The Bertz CT molecular complexity index is 234. The minimum Gasteiger partial charge on any atom is -0.478 e. The molecule has 0 aliphatic carbocycles. The highest BCUT2D eigenvalue weighted by atomic mass is 16.6. The molecule has 5 heteroatoms. The number of hydrogen-bond acceptors (Lipinski definition) is 4.